The minimum atomic E-state index is 0.0647. The minimum Gasteiger partial charge on any atom is -0.399 e. The molecule has 2 N–H and O–H groups in total. The third-order valence-electron chi connectivity index (χ3n) is 3.89. The molecule has 3 nitrogen and oxygen atoms in total. The van der Waals surface area contributed by atoms with Gasteiger partial charge in [0.25, 0.3) is 0 Å². The molecule has 0 saturated carbocycles. The van der Waals surface area contributed by atoms with Crippen molar-refractivity contribution in [3.05, 3.63) is 96.1 Å². The van der Waals surface area contributed by atoms with Gasteiger partial charge in [-0.25, -0.2) is 0 Å². The quantitative estimate of drug-likeness (QED) is 0.722. The Kier molecular flexibility index (Phi) is 4.92. The third kappa shape index (κ3) is 4.02. The largest absolute Gasteiger partial charge is 0.399 e. The van der Waals surface area contributed by atoms with Crippen molar-refractivity contribution in [1.82, 2.24) is 0 Å². The molecule has 0 heterocycles. The van der Waals surface area contributed by atoms with Crippen LogP contribution < -0.4 is 10.6 Å². The fraction of sp³-hybridized carbons (Fsp3) is 0.0952. The van der Waals surface area contributed by atoms with Crippen LogP contribution in [0.25, 0.3) is 0 Å². The standard InChI is InChI=1S/C21H20N2O/c22-19-13-11-17(12-14-19)15-21(24)23(20-9-5-2-6-10-20)16-18-7-3-1-4-8-18/h1-14H,15-16,22H2. The number of carbonyl (C=O) groups excluding carboxylic acids is 1. The molecule has 0 bridgehead atoms. The molecule has 0 fully saturated rings. The summed E-state index contributed by atoms with van der Waals surface area (Å²) in [6.45, 7) is 0.554. The molecule has 0 aliphatic rings. The molecule has 3 aromatic carbocycles. The number of hydrogen-bond acceptors (Lipinski definition) is 2. The van der Waals surface area contributed by atoms with Crippen molar-refractivity contribution in [2.75, 3.05) is 10.6 Å². The van der Waals surface area contributed by atoms with Crippen LogP contribution in [0.1, 0.15) is 11.1 Å². The number of para-hydroxylation sites is 1. The normalized spacial score (nSPS) is 10.3. The highest BCUT2D eigenvalue weighted by molar-refractivity contribution is 5.94. The Morgan fingerprint density at radius 2 is 1.33 bits per heavy atom. The van der Waals surface area contributed by atoms with Crippen LogP contribution in [0.4, 0.5) is 11.4 Å². The topological polar surface area (TPSA) is 46.3 Å². The summed E-state index contributed by atoms with van der Waals surface area (Å²) in [7, 11) is 0. The van der Waals surface area contributed by atoms with E-state index in [4.69, 9.17) is 5.73 Å². The summed E-state index contributed by atoms with van der Waals surface area (Å²) in [4.78, 5) is 14.7. The summed E-state index contributed by atoms with van der Waals surface area (Å²) in [6.07, 6.45) is 0.349. The fourth-order valence-electron chi connectivity index (χ4n) is 2.60. The average molecular weight is 316 g/mol. The van der Waals surface area contributed by atoms with Crippen LogP contribution in [0, 0.1) is 0 Å². The van der Waals surface area contributed by atoms with Gasteiger partial charge in [0.05, 0.1) is 13.0 Å². The van der Waals surface area contributed by atoms with Crippen LogP contribution >= 0.6 is 0 Å². The first-order chi connectivity index (χ1) is 11.7. The van der Waals surface area contributed by atoms with Crippen molar-refractivity contribution in [1.29, 1.82) is 0 Å². The van der Waals surface area contributed by atoms with E-state index in [1.54, 1.807) is 0 Å². The highest BCUT2D eigenvalue weighted by Gasteiger charge is 2.16. The molecule has 24 heavy (non-hydrogen) atoms. The van der Waals surface area contributed by atoms with E-state index < -0.39 is 0 Å². The van der Waals surface area contributed by atoms with Gasteiger partial charge in [-0.15, -0.1) is 0 Å². The molecule has 3 aromatic rings. The molecule has 0 unspecified atom stereocenters. The van der Waals surface area contributed by atoms with Crippen LogP contribution in [0.2, 0.25) is 0 Å². The summed E-state index contributed by atoms with van der Waals surface area (Å²) in [6, 6.07) is 27.3. The number of nitrogen functional groups attached to an aromatic ring is 1. The van der Waals surface area contributed by atoms with Crippen molar-refractivity contribution in [2.24, 2.45) is 0 Å². The van der Waals surface area contributed by atoms with E-state index in [2.05, 4.69) is 0 Å². The van der Waals surface area contributed by atoms with Crippen LogP contribution in [-0.4, -0.2) is 5.91 Å². The van der Waals surface area contributed by atoms with Gasteiger partial charge >= 0.3 is 0 Å². The maximum atomic E-state index is 12.9. The fourth-order valence-corrected chi connectivity index (χ4v) is 2.60. The minimum absolute atomic E-state index is 0.0647. The molecule has 3 rings (SSSR count). The summed E-state index contributed by atoms with van der Waals surface area (Å²) in [5.41, 5.74) is 9.39. The number of benzene rings is 3. The van der Waals surface area contributed by atoms with Crippen molar-refractivity contribution in [3.63, 3.8) is 0 Å². The van der Waals surface area contributed by atoms with Gasteiger partial charge in [0.2, 0.25) is 5.91 Å². The second-order valence-electron chi connectivity index (χ2n) is 5.72. The Morgan fingerprint density at radius 1 is 0.750 bits per heavy atom. The van der Waals surface area contributed by atoms with Crippen molar-refractivity contribution < 1.29 is 4.79 Å². The zero-order valence-corrected chi connectivity index (χ0v) is 13.4. The van der Waals surface area contributed by atoms with E-state index in [-0.39, 0.29) is 5.91 Å². The van der Waals surface area contributed by atoms with Gasteiger partial charge < -0.3 is 10.6 Å². The Morgan fingerprint density at radius 3 is 1.96 bits per heavy atom. The maximum Gasteiger partial charge on any atom is 0.231 e. The molecule has 1 amide bonds. The lowest BCUT2D eigenvalue weighted by molar-refractivity contribution is -0.118. The zero-order valence-electron chi connectivity index (χ0n) is 13.4. The smallest absolute Gasteiger partial charge is 0.231 e. The molecule has 120 valence electrons. The number of nitrogens with two attached hydrogens (primary N) is 1. The summed E-state index contributed by atoms with van der Waals surface area (Å²) in [5, 5.41) is 0. The average Bonchev–Trinajstić information content (AvgIpc) is 2.63. The number of anilines is 2. The first kappa shape index (κ1) is 15.8. The van der Waals surface area contributed by atoms with E-state index in [1.807, 2.05) is 89.8 Å². The highest BCUT2D eigenvalue weighted by Crippen LogP contribution is 2.19. The van der Waals surface area contributed by atoms with Crippen LogP contribution in [0.5, 0.6) is 0 Å². The molecule has 0 spiro atoms. The second kappa shape index (κ2) is 7.47. The maximum absolute atomic E-state index is 12.9. The van der Waals surface area contributed by atoms with Gasteiger partial charge in [-0.1, -0.05) is 60.7 Å². The number of amides is 1. The van der Waals surface area contributed by atoms with E-state index >= 15 is 0 Å². The number of rotatable bonds is 5. The Labute approximate surface area is 142 Å². The van der Waals surface area contributed by atoms with Crippen molar-refractivity contribution >= 4 is 17.3 Å². The van der Waals surface area contributed by atoms with Gasteiger partial charge in [-0.3, -0.25) is 4.79 Å². The molecular weight excluding hydrogens is 296 g/mol. The molecule has 0 aliphatic carbocycles. The van der Waals surface area contributed by atoms with Crippen LogP contribution in [0.15, 0.2) is 84.9 Å². The lowest BCUT2D eigenvalue weighted by Crippen LogP contribution is -2.31. The van der Waals surface area contributed by atoms with Gasteiger partial charge in [0.1, 0.15) is 0 Å². The Bertz CT molecular complexity index is 783. The molecule has 0 aliphatic heterocycles. The van der Waals surface area contributed by atoms with Gasteiger partial charge in [-0.05, 0) is 35.4 Å². The summed E-state index contributed by atoms with van der Waals surface area (Å²) < 4.78 is 0. The van der Waals surface area contributed by atoms with E-state index in [1.165, 1.54) is 0 Å². The van der Waals surface area contributed by atoms with E-state index in [9.17, 15) is 4.79 Å². The van der Waals surface area contributed by atoms with Crippen molar-refractivity contribution in [3.8, 4) is 0 Å². The SMILES string of the molecule is Nc1ccc(CC(=O)N(Cc2ccccc2)c2ccccc2)cc1. The lowest BCUT2D eigenvalue weighted by Gasteiger charge is -2.23. The highest BCUT2D eigenvalue weighted by atomic mass is 16.2. The van der Waals surface area contributed by atoms with E-state index in [0.717, 1.165) is 16.8 Å². The molecule has 0 atom stereocenters. The first-order valence-corrected chi connectivity index (χ1v) is 7.96. The Hall–Kier alpha value is -3.07. The van der Waals surface area contributed by atoms with Crippen LogP contribution in [-0.2, 0) is 17.8 Å². The van der Waals surface area contributed by atoms with Gasteiger partial charge in [0, 0.05) is 11.4 Å². The molecular formula is C21H20N2O. The molecule has 0 saturated heterocycles. The van der Waals surface area contributed by atoms with Crippen LogP contribution in [0.3, 0.4) is 0 Å². The summed E-state index contributed by atoms with van der Waals surface area (Å²) in [5.74, 6) is 0.0647. The lowest BCUT2D eigenvalue weighted by atomic mass is 10.1. The number of hydrogen-bond donors (Lipinski definition) is 1. The van der Waals surface area contributed by atoms with Crippen molar-refractivity contribution in [2.45, 2.75) is 13.0 Å². The molecule has 3 heteroatoms. The van der Waals surface area contributed by atoms with Gasteiger partial charge in [-0.2, -0.15) is 0 Å². The number of carbonyl (C=O) groups is 1. The Balaban J connectivity index is 1.83. The third-order valence-corrected chi connectivity index (χ3v) is 3.89. The first-order valence-electron chi connectivity index (χ1n) is 7.96. The predicted octanol–water partition coefficient (Wildman–Crippen LogP) is 4.04. The molecule has 0 aromatic heterocycles. The van der Waals surface area contributed by atoms with E-state index in [0.29, 0.717) is 18.7 Å². The zero-order chi connectivity index (χ0) is 16.8. The summed E-state index contributed by atoms with van der Waals surface area (Å²) >= 11 is 0. The molecule has 0 radical (unpaired) electrons. The number of nitrogens with zero attached hydrogens (tertiary/aromatic N) is 1. The second-order valence-corrected chi connectivity index (χ2v) is 5.72. The van der Waals surface area contributed by atoms with Gasteiger partial charge in [0.15, 0.2) is 0 Å². The monoisotopic (exact) mass is 316 g/mol. The predicted molar refractivity (Wildman–Crippen MR) is 98.6 cm³/mol.